The van der Waals surface area contributed by atoms with Crippen molar-refractivity contribution in [2.75, 3.05) is 11.1 Å². The van der Waals surface area contributed by atoms with E-state index in [-0.39, 0.29) is 0 Å². The number of aryl methyl sites for hydroxylation is 1. The number of pyridine rings is 1. The SMILES string of the molecule is Cc1cnc(Nc2ccc(C#N)cc2Br)cc1N. The normalized spacial score (nSPS) is 9.83. The average molecular weight is 303 g/mol. The number of aromatic nitrogens is 1. The smallest absolute Gasteiger partial charge is 0.132 e. The molecule has 0 saturated heterocycles. The number of benzene rings is 1. The maximum absolute atomic E-state index is 8.79. The highest BCUT2D eigenvalue weighted by molar-refractivity contribution is 9.10. The van der Waals surface area contributed by atoms with E-state index in [0.717, 1.165) is 15.7 Å². The number of anilines is 3. The average Bonchev–Trinajstić information content (AvgIpc) is 2.36. The largest absolute Gasteiger partial charge is 0.398 e. The first-order valence-electron chi connectivity index (χ1n) is 5.29. The molecule has 0 amide bonds. The monoisotopic (exact) mass is 302 g/mol. The Morgan fingerprint density at radius 3 is 2.78 bits per heavy atom. The molecule has 0 aliphatic rings. The molecule has 4 nitrogen and oxygen atoms in total. The van der Waals surface area contributed by atoms with Crippen molar-refractivity contribution >= 4 is 33.1 Å². The maximum atomic E-state index is 8.79. The highest BCUT2D eigenvalue weighted by atomic mass is 79.9. The van der Waals surface area contributed by atoms with Gasteiger partial charge in [-0.05, 0) is 46.6 Å². The van der Waals surface area contributed by atoms with Crippen LogP contribution in [0.4, 0.5) is 17.2 Å². The summed E-state index contributed by atoms with van der Waals surface area (Å²) in [6.07, 6.45) is 1.72. The zero-order valence-electron chi connectivity index (χ0n) is 9.74. The summed E-state index contributed by atoms with van der Waals surface area (Å²) in [6, 6.07) is 9.17. The predicted molar refractivity (Wildman–Crippen MR) is 75.5 cm³/mol. The number of nitriles is 1. The fraction of sp³-hybridized carbons (Fsp3) is 0.0769. The van der Waals surface area contributed by atoms with Crippen LogP contribution in [-0.2, 0) is 0 Å². The quantitative estimate of drug-likeness (QED) is 0.892. The van der Waals surface area contributed by atoms with E-state index in [1.165, 1.54) is 0 Å². The molecule has 18 heavy (non-hydrogen) atoms. The second-order valence-electron chi connectivity index (χ2n) is 3.86. The molecule has 1 heterocycles. The highest BCUT2D eigenvalue weighted by Crippen LogP contribution is 2.27. The molecule has 5 heteroatoms. The van der Waals surface area contributed by atoms with Gasteiger partial charge in [0.2, 0.25) is 0 Å². The van der Waals surface area contributed by atoms with Gasteiger partial charge in [-0.25, -0.2) is 4.98 Å². The van der Waals surface area contributed by atoms with Gasteiger partial charge in [-0.2, -0.15) is 5.26 Å². The molecule has 0 aliphatic heterocycles. The zero-order chi connectivity index (χ0) is 13.1. The van der Waals surface area contributed by atoms with E-state index < -0.39 is 0 Å². The van der Waals surface area contributed by atoms with E-state index in [2.05, 4.69) is 32.3 Å². The lowest BCUT2D eigenvalue weighted by Crippen LogP contribution is -1.98. The Balaban J connectivity index is 2.29. The second-order valence-corrected chi connectivity index (χ2v) is 4.71. The van der Waals surface area contributed by atoms with Gasteiger partial charge in [0, 0.05) is 22.4 Å². The molecule has 0 bridgehead atoms. The first kappa shape index (κ1) is 12.4. The van der Waals surface area contributed by atoms with E-state index in [4.69, 9.17) is 11.0 Å². The molecule has 0 saturated carbocycles. The molecule has 2 rings (SSSR count). The topological polar surface area (TPSA) is 74.7 Å². The number of rotatable bonds is 2. The molecular formula is C13H11BrN4. The minimum absolute atomic E-state index is 0.601. The summed E-state index contributed by atoms with van der Waals surface area (Å²) in [5.74, 6) is 0.670. The molecule has 90 valence electrons. The van der Waals surface area contributed by atoms with Crippen molar-refractivity contribution in [1.29, 1.82) is 5.26 Å². The van der Waals surface area contributed by atoms with Gasteiger partial charge < -0.3 is 11.1 Å². The fourth-order valence-corrected chi connectivity index (χ4v) is 1.91. The summed E-state index contributed by atoms with van der Waals surface area (Å²) >= 11 is 3.41. The Labute approximate surface area is 114 Å². The standard InChI is InChI=1S/C13H11BrN4/c1-8-7-17-13(5-11(8)16)18-12-3-2-9(6-15)4-10(12)14/h2-5,7H,1H3,(H3,16,17,18). The molecular weight excluding hydrogens is 292 g/mol. The summed E-state index contributed by atoms with van der Waals surface area (Å²) in [5, 5.41) is 11.9. The summed E-state index contributed by atoms with van der Waals surface area (Å²) < 4.78 is 0.808. The molecule has 0 unspecified atom stereocenters. The third kappa shape index (κ3) is 2.60. The molecule has 0 spiro atoms. The van der Waals surface area contributed by atoms with E-state index in [1.807, 2.05) is 13.0 Å². The van der Waals surface area contributed by atoms with Gasteiger partial charge in [0.1, 0.15) is 5.82 Å². The van der Waals surface area contributed by atoms with E-state index in [9.17, 15) is 0 Å². The molecule has 1 aromatic heterocycles. The van der Waals surface area contributed by atoms with Crippen LogP contribution in [-0.4, -0.2) is 4.98 Å². The lowest BCUT2D eigenvalue weighted by atomic mass is 10.2. The van der Waals surface area contributed by atoms with Gasteiger partial charge in [-0.15, -0.1) is 0 Å². The van der Waals surface area contributed by atoms with Crippen molar-refractivity contribution in [2.45, 2.75) is 6.92 Å². The Bertz CT molecular complexity index is 631. The first-order chi connectivity index (χ1) is 8.60. The zero-order valence-corrected chi connectivity index (χ0v) is 11.3. The number of nitrogen functional groups attached to an aromatic ring is 1. The van der Waals surface area contributed by atoms with Crippen LogP contribution in [0.25, 0.3) is 0 Å². The van der Waals surface area contributed by atoms with Gasteiger partial charge in [-0.1, -0.05) is 0 Å². The number of hydrogen-bond acceptors (Lipinski definition) is 4. The molecule has 2 aromatic rings. The molecule has 0 atom stereocenters. The van der Waals surface area contributed by atoms with Crippen LogP contribution in [0.2, 0.25) is 0 Å². The van der Waals surface area contributed by atoms with Crippen LogP contribution < -0.4 is 11.1 Å². The number of nitrogens with zero attached hydrogens (tertiary/aromatic N) is 2. The molecule has 1 aromatic carbocycles. The van der Waals surface area contributed by atoms with Crippen molar-refractivity contribution in [1.82, 2.24) is 4.98 Å². The third-order valence-electron chi connectivity index (χ3n) is 2.51. The van der Waals surface area contributed by atoms with Crippen LogP contribution in [0.1, 0.15) is 11.1 Å². The lowest BCUT2D eigenvalue weighted by molar-refractivity contribution is 1.26. The molecule has 0 fully saturated rings. The predicted octanol–water partition coefficient (Wildman–Crippen LogP) is 3.35. The van der Waals surface area contributed by atoms with Crippen molar-refractivity contribution in [2.24, 2.45) is 0 Å². The van der Waals surface area contributed by atoms with Crippen molar-refractivity contribution in [3.63, 3.8) is 0 Å². The van der Waals surface area contributed by atoms with E-state index in [0.29, 0.717) is 17.1 Å². The van der Waals surface area contributed by atoms with Gasteiger partial charge in [-0.3, -0.25) is 0 Å². The van der Waals surface area contributed by atoms with Gasteiger partial charge in [0.25, 0.3) is 0 Å². The third-order valence-corrected chi connectivity index (χ3v) is 3.16. The van der Waals surface area contributed by atoms with Gasteiger partial charge in [0.05, 0.1) is 17.3 Å². The summed E-state index contributed by atoms with van der Waals surface area (Å²) in [4.78, 5) is 4.24. The minimum Gasteiger partial charge on any atom is -0.398 e. The number of halogens is 1. The fourth-order valence-electron chi connectivity index (χ4n) is 1.43. The van der Waals surface area contributed by atoms with Crippen LogP contribution >= 0.6 is 15.9 Å². The van der Waals surface area contributed by atoms with Crippen molar-refractivity contribution < 1.29 is 0 Å². The Morgan fingerprint density at radius 1 is 1.39 bits per heavy atom. The second kappa shape index (κ2) is 5.07. The Morgan fingerprint density at radius 2 is 2.17 bits per heavy atom. The summed E-state index contributed by atoms with van der Waals surface area (Å²) in [6.45, 7) is 1.91. The van der Waals surface area contributed by atoms with E-state index in [1.54, 1.807) is 24.4 Å². The van der Waals surface area contributed by atoms with Crippen LogP contribution in [0.3, 0.4) is 0 Å². The first-order valence-corrected chi connectivity index (χ1v) is 6.08. The molecule has 0 radical (unpaired) electrons. The summed E-state index contributed by atoms with van der Waals surface area (Å²) in [7, 11) is 0. The maximum Gasteiger partial charge on any atom is 0.132 e. The number of nitrogens with two attached hydrogens (primary N) is 1. The van der Waals surface area contributed by atoms with E-state index >= 15 is 0 Å². The van der Waals surface area contributed by atoms with Crippen LogP contribution in [0, 0.1) is 18.3 Å². The Hall–Kier alpha value is -2.06. The Kier molecular flexibility index (Phi) is 3.49. The van der Waals surface area contributed by atoms with Crippen LogP contribution in [0.15, 0.2) is 34.9 Å². The van der Waals surface area contributed by atoms with Crippen molar-refractivity contribution in [3.8, 4) is 6.07 Å². The van der Waals surface area contributed by atoms with Gasteiger partial charge >= 0.3 is 0 Å². The number of nitrogens with one attached hydrogen (secondary N) is 1. The highest BCUT2D eigenvalue weighted by Gasteiger charge is 2.04. The van der Waals surface area contributed by atoms with Crippen LogP contribution in [0.5, 0.6) is 0 Å². The van der Waals surface area contributed by atoms with Gasteiger partial charge in [0.15, 0.2) is 0 Å². The minimum atomic E-state index is 0.601. The number of hydrogen-bond donors (Lipinski definition) is 2. The molecule has 0 aliphatic carbocycles. The molecule has 3 N–H and O–H groups in total. The van der Waals surface area contributed by atoms with Crippen molar-refractivity contribution in [3.05, 3.63) is 46.1 Å². The summed E-state index contributed by atoms with van der Waals surface area (Å²) in [5.41, 5.74) is 8.90. The lowest BCUT2D eigenvalue weighted by Gasteiger charge is -2.09.